The van der Waals surface area contributed by atoms with Gasteiger partial charge in [-0.3, -0.25) is 14.2 Å². The predicted octanol–water partition coefficient (Wildman–Crippen LogP) is 0.400. The third-order valence-corrected chi connectivity index (χ3v) is 2.47. The Morgan fingerprint density at radius 1 is 1.50 bits per heavy atom. The number of hydrogen-bond acceptors (Lipinski definition) is 4. The quantitative estimate of drug-likeness (QED) is 0.819. The maximum atomic E-state index is 11.8. The van der Waals surface area contributed by atoms with Crippen LogP contribution in [0, 0.1) is 0 Å². The first kappa shape index (κ1) is 12.2. The van der Waals surface area contributed by atoms with E-state index < -0.39 is 0 Å². The van der Waals surface area contributed by atoms with Crippen LogP contribution >= 0.6 is 0 Å². The minimum atomic E-state index is -0.152. The van der Waals surface area contributed by atoms with Crippen molar-refractivity contribution in [2.75, 3.05) is 11.1 Å². The van der Waals surface area contributed by atoms with Crippen LogP contribution in [0.3, 0.4) is 0 Å². The van der Waals surface area contributed by atoms with Crippen LogP contribution < -0.4 is 11.1 Å². The number of amides is 1. The molecule has 18 heavy (non-hydrogen) atoms. The van der Waals surface area contributed by atoms with Gasteiger partial charge in [-0.25, -0.2) is 0 Å². The van der Waals surface area contributed by atoms with Crippen LogP contribution in [0.1, 0.15) is 12.6 Å². The van der Waals surface area contributed by atoms with Gasteiger partial charge in [-0.15, -0.1) is 0 Å². The Hall–Kier alpha value is -2.31. The molecule has 3 N–H and O–H groups in total. The van der Waals surface area contributed by atoms with E-state index in [4.69, 9.17) is 5.73 Å². The molecule has 7 heteroatoms. The summed E-state index contributed by atoms with van der Waals surface area (Å²) in [6.45, 7) is 2.13. The number of anilines is 2. The molecule has 0 saturated heterocycles. The minimum absolute atomic E-state index is 0.134. The SMILES string of the molecule is CCc1nn(C)cc1NC(=O)Cn1cc(N)cn1. The number of nitrogen functional groups attached to an aromatic ring is 1. The zero-order valence-electron chi connectivity index (χ0n) is 10.4. The fourth-order valence-corrected chi connectivity index (χ4v) is 1.70. The van der Waals surface area contributed by atoms with E-state index in [1.807, 2.05) is 14.0 Å². The van der Waals surface area contributed by atoms with Crippen LogP contribution in [0.15, 0.2) is 18.6 Å². The Labute approximate surface area is 105 Å². The van der Waals surface area contributed by atoms with Crippen molar-refractivity contribution in [3.8, 4) is 0 Å². The summed E-state index contributed by atoms with van der Waals surface area (Å²) in [5.74, 6) is -0.152. The zero-order valence-corrected chi connectivity index (χ0v) is 10.4. The van der Waals surface area contributed by atoms with E-state index >= 15 is 0 Å². The molecule has 0 aliphatic heterocycles. The number of nitrogens with one attached hydrogen (secondary N) is 1. The molecule has 7 nitrogen and oxygen atoms in total. The Balaban J connectivity index is 2.02. The predicted molar refractivity (Wildman–Crippen MR) is 67.9 cm³/mol. The number of carbonyl (C=O) groups excluding carboxylic acids is 1. The van der Waals surface area contributed by atoms with Crippen LogP contribution in [-0.4, -0.2) is 25.5 Å². The normalized spacial score (nSPS) is 10.6. The largest absolute Gasteiger partial charge is 0.396 e. The Morgan fingerprint density at radius 3 is 2.89 bits per heavy atom. The lowest BCUT2D eigenvalue weighted by atomic mass is 10.3. The summed E-state index contributed by atoms with van der Waals surface area (Å²) in [4.78, 5) is 11.8. The average Bonchev–Trinajstić information content (AvgIpc) is 2.85. The lowest BCUT2D eigenvalue weighted by Gasteiger charge is -2.04. The second kappa shape index (κ2) is 4.91. The lowest BCUT2D eigenvalue weighted by molar-refractivity contribution is -0.116. The fraction of sp³-hybridized carbons (Fsp3) is 0.364. The summed E-state index contributed by atoms with van der Waals surface area (Å²) in [7, 11) is 1.82. The van der Waals surface area contributed by atoms with E-state index in [1.165, 1.54) is 10.9 Å². The van der Waals surface area contributed by atoms with E-state index in [-0.39, 0.29) is 12.5 Å². The van der Waals surface area contributed by atoms with Crippen molar-refractivity contribution in [1.82, 2.24) is 19.6 Å². The maximum Gasteiger partial charge on any atom is 0.246 e. The molecule has 1 amide bonds. The molecule has 0 aliphatic rings. The topological polar surface area (TPSA) is 90.8 Å². The van der Waals surface area contributed by atoms with Gasteiger partial charge in [0.25, 0.3) is 0 Å². The van der Waals surface area contributed by atoms with Gasteiger partial charge in [-0.05, 0) is 6.42 Å². The summed E-state index contributed by atoms with van der Waals surface area (Å²) in [5.41, 5.74) is 7.68. The lowest BCUT2D eigenvalue weighted by Crippen LogP contribution is -2.19. The summed E-state index contributed by atoms with van der Waals surface area (Å²) in [5, 5.41) is 11.0. The highest BCUT2D eigenvalue weighted by molar-refractivity contribution is 5.90. The average molecular weight is 248 g/mol. The molecule has 2 heterocycles. The van der Waals surface area contributed by atoms with E-state index in [0.717, 1.165) is 17.8 Å². The van der Waals surface area contributed by atoms with E-state index in [1.54, 1.807) is 17.1 Å². The van der Waals surface area contributed by atoms with E-state index in [2.05, 4.69) is 15.5 Å². The molecular weight excluding hydrogens is 232 g/mol. The minimum Gasteiger partial charge on any atom is -0.396 e. The van der Waals surface area contributed by atoms with E-state index in [0.29, 0.717) is 5.69 Å². The molecule has 0 aliphatic carbocycles. The molecule has 0 bridgehead atoms. The van der Waals surface area contributed by atoms with Crippen LogP contribution in [0.4, 0.5) is 11.4 Å². The van der Waals surface area contributed by atoms with Gasteiger partial charge in [-0.1, -0.05) is 6.92 Å². The summed E-state index contributed by atoms with van der Waals surface area (Å²) in [6.07, 6.45) is 5.68. The van der Waals surface area contributed by atoms with Crippen molar-refractivity contribution in [3.63, 3.8) is 0 Å². The zero-order chi connectivity index (χ0) is 13.1. The first-order chi connectivity index (χ1) is 8.58. The number of rotatable bonds is 4. The highest BCUT2D eigenvalue weighted by Gasteiger charge is 2.10. The number of aryl methyl sites for hydroxylation is 2. The molecule has 2 aromatic rings. The second-order valence-electron chi connectivity index (χ2n) is 4.04. The molecule has 0 aromatic carbocycles. The van der Waals surface area contributed by atoms with Crippen molar-refractivity contribution in [1.29, 1.82) is 0 Å². The third kappa shape index (κ3) is 2.68. The monoisotopic (exact) mass is 248 g/mol. The molecule has 0 fully saturated rings. The van der Waals surface area contributed by atoms with Gasteiger partial charge in [-0.2, -0.15) is 10.2 Å². The highest BCUT2D eigenvalue weighted by Crippen LogP contribution is 2.13. The summed E-state index contributed by atoms with van der Waals surface area (Å²) < 4.78 is 3.17. The molecule has 0 spiro atoms. The van der Waals surface area contributed by atoms with Gasteiger partial charge in [0.1, 0.15) is 6.54 Å². The van der Waals surface area contributed by atoms with Crippen LogP contribution in [-0.2, 0) is 24.8 Å². The van der Waals surface area contributed by atoms with Crippen molar-refractivity contribution < 1.29 is 4.79 Å². The van der Waals surface area contributed by atoms with Gasteiger partial charge in [0.05, 0.1) is 23.3 Å². The van der Waals surface area contributed by atoms with Gasteiger partial charge in [0.2, 0.25) is 5.91 Å². The summed E-state index contributed by atoms with van der Waals surface area (Å²) >= 11 is 0. The van der Waals surface area contributed by atoms with Crippen LogP contribution in [0.2, 0.25) is 0 Å². The molecule has 0 atom stereocenters. The van der Waals surface area contributed by atoms with Crippen LogP contribution in [0.25, 0.3) is 0 Å². The molecule has 96 valence electrons. The van der Waals surface area contributed by atoms with E-state index in [9.17, 15) is 4.79 Å². The van der Waals surface area contributed by atoms with Gasteiger partial charge < -0.3 is 11.1 Å². The Bertz CT molecular complexity index is 556. The smallest absolute Gasteiger partial charge is 0.246 e. The molecule has 0 radical (unpaired) electrons. The molecule has 2 rings (SSSR count). The number of carbonyl (C=O) groups is 1. The highest BCUT2D eigenvalue weighted by atomic mass is 16.2. The second-order valence-corrected chi connectivity index (χ2v) is 4.04. The van der Waals surface area contributed by atoms with Gasteiger partial charge in [0, 0.05) is 19.4 Å². The Morgan fingerprint density at radius 2 is 2.28 bits per heavy atom. The van der Waals surface area contributed by atoms with Crippen molar-refractivity contribution in [2.24, 2.45) is 7.05 Å². The standard InChI is InChI=1S/C11H16N6O/c1-3-9-10(6-16(2)15-9)14-11(18)7-17-5-8(12)4-13-17/h4-6H,3,7,12H2,1-2H3,(H,14,18). The fourth-order valence-electron chi connectivity index (χ4n) is 1.70. The Kier molecular flexibility index (Phi) is 3.31. The van der Waals surface area contributed by atoms with Crippen molar-refractivity contribution >= 4 is 17.3 Å². The first-order valence-electron chi connectivity index (χ1n) is 5.68. The molecule has 0 saturated carbocycles. The number of nitrogens with zero attached hydrogens (tertiary/aromatic N) is 4. The molecule has 0 unspecified atom stereocenters. The summed E-state index contributed by atoms with van der Waals surface area (Å²) in [6, 6.07) is 0. The van der Waals surface area contributed by atoms with Crippen LogP contribution in [0.5, 0.6) is 0 Å². The third-order valence-electron chi connectivity index (χ3n) is 2.47. The molecule has 2 aromatic heterocycles. The van der Waals surface area contributed by atoms with Gasteiger partial charge >= 0.3 is 0 Å². The number of aromatic nitrogens is 4. The number of nitrogens with two attached hydrogens (primary N) is 1. The van der Waals surface area contributed by atoms with Crippen molar-refractivity contribution in [3.05, 3.63) is 24.3 Å². The first-order valence-corrected chi connectivity index (χ1v) is 5.68. The number of hydrogen-bond donors (Lipinski definition) is 2. The van der Waals surface area contributed by atoms with Crippen molar-refractivity contribution in [2.45, 2.75) is 19.9 Å². The maximum absolute atomic E-state index is 11.8. The van der Waals surface area contributed by atoms with Gasteiger partial charge in [0.15, 0.2) is 0 Å². The molecular formula is C11H16N6O.